The topological polar surface area (TPSA) is 85.3 Å². The number of ether oxygens (including phenoxy) is 4. The number of nitrogens with zero attached hydrogens (tertiary/aromatic N) is 1. The lowest BCUT2D eigenvalue weighted by atomic mass is 10.4. The molecule has 0 aliphatic carbocycles. The van der Waals surface area contributed by atoms with Crippen LogP contribution >= 0.6 is 7.60 Å². The maximum atomic E-state index is 13.4. The number of aromatic nitrogens is 1. The molecule has 26 heavy (non-hydrogen) atoms. The zero-order valence-corrected chi connectivity index (χ0v) is 16.4. The van der Waals surface area contributed by atoms with E-state index in [0.717, 1.165) is 0 Å². The first-order chi connectivity index (χ1) is 12.2. The molecule has 3 heterocycles. The molecule has 3 rings (SSSR count). The third-order valence-corrected chi connectivity index (χ3v) is 5.73. The van der Waals surface area contributed by atoms with Gasteiger partial charge in [-0.3, -0.25) is 4.57 Å². The van der Waals surface area contributed by atoms with Gasteiger partial charge in [0.2, 0.25) is 0 Å². The summed E-state index contributed by atoms with van der Waals surface area (Å²) < 4.78 is 47.1. The van der Waals surface area contributed by atoms with Crippen molar-refractivity contribution in [3.05, 3.63) is 24.4 Å². The molecule has 1 aromatic heterocycles. The minimum absolute atomic E-state index is 0.0742. The summed E-state index contributed by atoms with van der Waals surface area (Å²) in [5.41, 5.74) is 0.247. The van der Waals surface area contributed by atoms with E-state index >= 15 is 0 Å². The number of hydrogen-bond acceptors (Lipinski definition) is 8. The van der Waals surface area contributed by atoms with Gasteiger partial charge < -0.3 is 28.0 Å². The zero-order valence-electron chi connectivity index (χ0n) is 15.5. The van der Waals surface area contributed by atoms with Crippen LogP contribution in [0.3, 0.4) is 0 Å². The van der Waals surface area contributed by atoms with E-state index in [1.54, 1.807) is 24.4 Å². The molecule has 0 bridgehead atoms. The Hall–Kier alpha value is -0.860. The summed E-state index contributed by atoms with van der Waals surface area (Å²) in [7, 11) is -3.64. The molecule has 9 heteroatoms. The molecule has 0 amide bonds. The van der Waals surface area contributed by atoms with E-state index in [0.29, 0.717) is 13.2 Å². The Bertz CT molecular complexity index is 618. The summed E-state index contributed by atoms with van der Waals surface area (Å²) in [6.45, 7) is 8.16. The van der Waals surface area contributed by atoms with Gasteiger partial charge in [-0.2, -0.15) is 0 Å². The molecule has 2 saturated heterocycles. The molecule has 146 valence electrons. The minimum Gasteiger partial charge on any atom is -0.348 e. The zero-order chi connectivity index (χ0) is 18.8. The fourth-order valence-electron chi connectivity index (χ4n) is 2.74. The molecule has 8 nitrogen and oxygen atoms in total. The monoisotopic (exact) mass is 387 g/mol. The van der Waals surface area contributed by atoms with Crippen molar-refractivity contribution in [2.24, 2.45) is 0 Å². The fourth-order valence-corrected chi connectivity index (χ4v) is 4.28. The molecule has 1 aromatic rings. The Labute approximate surface area is 153 Å². The second-order valence-electron chi connectivity index (χ2n) is 7.18. The lowest BCUT2D eigenvalue weighted by molar-refractivity contribution is -0.142. The van der Waals surface area contributed by atoms with E-state index in [4.69, 9.17) is 28.0 Å². The molecule has 0 radical (unpaired) electrons. The van der Waals surface area contributed by atoms with Crippen LogP contribution in [0.5, 0.6) is 0 Å². The van der Waals surface area contributed by atoms with Crippen molar-refractivity contribution in [1.29, 1.82) is 0 Å². The van der Waals surface area contributed by atoms with Crippen molar-refractivity contribution >= 4 is 13.0 Å². The van der Waals surface area contributed by atoms with E-state index in [1.165, 1.54) is 0 Å². The standard InChI is InChI=1S/C17H26NO7P/c1-16(2)20-9-13(24-16)11-22-26(19,15-7-5-6-8-18-15)23-12-14-10-21-17(3,4)25-14/h5-8,13-14H,9-12H2,1-4H3. The summed E-state index contributed by atoms with van der Waals surface area (Å²) >= 11 is 0. The molecule has 0 aromatic carbocycles. The van der Waals surface area contributed by atoms with Crippen LogP contribution in [0.1, 0.15) is 27.7 Å². The normalized spacial score (nSPS) is 29.5. The summed E-state index contributed by atoms with van der Waals surface area (Å²) in [4.78, 5) is 4.14. The van der Waals surface area contributed by atoms with E-state index in [1.807, 2.05) is 27.7 Å². The molecule has 2 unspecified atom stereocenters. The van der Waals surface area contributed by atoms with Gasteiger partial charge in [0.15, 0.2) is 17.0 Å². The van der Waals surface area contributed by atoms with Crippen LogP contribution in [0, 0.1) is 0 Å². The second-order valence-corrected chi connectivity index (χ2v) is 9.15. The Kier molecular flexibility index (Phi) is 5.84. The third-order valence-electron chi connectivity index (χ3n) is 3.93. The van der Waals surface area contributed by atoms with E-state index < -0.39 is 19.2 Å². The highest BCUT2D eigenvalue weighted by Gasteiger charge is 2.39. The lowest BCUT2D eigenvalue weighted by Crippen LogP contribution is -2.27. The van der Waals surface area contributed by atoms with Crippen LogP contribution in [0.4, 0.5) is 0 Å². The predicted molar refractivity (Wildman–Crippen MR) is 93.2 cm³/mol. The maximum Gasteiger partial charge on any atom is 0.379 e. The van der Waals surface area contributed by atoms with Crippen LogP contribution in [0.2, 0.25) is 0 Å². The molecule has 2 aliphatic heterocycles. The van der Waals surface area contributed by atoms with Gasteiger partial charge in [0, 0.05) is 6.20 Å². The Morgan fingerprint density at radius 2 is 1.58 bits per heavy atom. The van der Waals surface area contributed by atoms with Crippen molar-refractivity contribution in [3.8, 4) is 0 Å². The molecule has 0 saturated carbocycles. The van der Waals surface area contributed by atoms with E-state index in [2.05, 4.69) is 4.98 Å². The van der Waals surface area contributed by atoms with Gasteiger partial charge in [0.05, 0.1) is 26.4 Å². The first kappa shape index (κ1) is 19.9. The highest BCUT2D eigenvalue weighted by molar-refractivity contribution is 7.61. The molecule has 0 N–H and O–H groups in total. The van der Waals surface area contributed by atoms with Crippen LogP contribution in [0.15, 0.2) is 24.4 Å². The van der Waals surface area contributed by atoms with Gasteiger partial charge in [-0.15, -0.1) is 0 Å². The molecule has 2 aliphatic rings. The van der Waals surface area contributed by atoms with Crippen molar-refractivity contribution in [3.63, 3.8) is 0 Å². The van der Waals surface area contributed by atoms with Crippen molar-refractivity contribution < 1.29 is 32.6 Å². The first-order valence-corrected chi connectivity index (χ1v) is 10.2. The van der Waals surface area contributed by atoms with E-state index in [-0.39, 0.29) is 30.9 Å². The summed E-state index contributed by atoms with van der Waals surface area (Å²) in [5, 5.41) is 0. The number of pyridine rings is 1. The molecular formula is C17H26NO7P. The van der Waals surface area contributed by atoms with Crippen LogP contribution in [0.25, 0.3) is 0 Å². The van der Waals surface area contributed by atoms with Crippen molar-refractivity contribution in [2.45, 2.75) is 51.5 Å². The highest BCUT2D eigenvalue weighted by Crippen LogP contribution is 2.47. The highest BCUT2D eigenvalue weighted by atomic mass is 31.2. The van der Waals surface area contributed by atoms with Gasteiger partial charge in [0.1, 0.15) is 12.2 Å². The Balaban J connectivity index is 1.64. The van der Waals surface area contributed by atoms with Gasteiger partial charge in [0.25, 0.3) is 0 Å². The van der Waals surface area contributed by atoms with Gasteiger partial charge >= 0.3 is 7.60 Å². The molecular weight excluding hydrogens is 361 g/mol. The maximum absolute atomic E-state index is 13.4. The molecule has 2 fully saturated rings. The first-order valence-electron chi connectivity index (χ1n) is 8.62. The van der Waals surface area contributed by atoms with Gasteiger partial charge in [-0.25, -0.2) is 4.98 Å². The summed E-state index contributed by atoms with van der Waals surface area (Å²) in [6, 6.07) is 5.09. The smallest absolute Gasteiger partial charge is 0.348 e. The Morgan fingerprint density at radius 3 is 1.96 bits per heavy atom. The largest absolute Gasteiger partial charge is 0.379 e. The SMILES string of the molecule is CC1(C)OCC(COP(=O)(OCC2COC(C)(C)O2)c2ccccn2)O1. The average Bonchev–Trinajstić information content (AvgIpc) is 3.13. The van der Waals surface area contributed by atoms with E-state index in [9.17, 15) is 4.57 Å². The second kappa shape index (κ2) is 7.64. The Morgan fingerprint density at radius 1 is 1.04 bits per heavy atom. The van der Waals surface area contributed by atoms with Crippen LogP contribution < -0.4 is 5.44 Å². The molecule has 2 atom stereocenters. The van der Waals surface area contributed by atoms with Crippen molar-refractivity contribution in [1.82, 2.24) is 4.98 Å². The summed E-state index contributed by atoms with van der Waals surface area (Å²) in [6.07, 6.45) is 0.900. The average molecular weight is 387 g/mol. The predicted octanol–water partition coefficient (Wildman–Crippen LogP) is 2.24. The van der Waals surface area contributed by atoms with Crippen LogP contribution in [-0.2, 0) is 32.6 Å². The quantitative estimate of drug-likeness (QED) is 0.659. The van der Waals surface area contributed by atoms with Gasteiger partial charge in [-0.1, -0.05) is 6.07 Å². The van der Waals surface area contributed by atoms with Crippen molar-refractivity contribution in [2.75, 3.05) is 26.4 Å². The lowest BCUT2D eigenvalue weighted by Gasteiger charge is -2.22. The summed E-state index contributed by atoms with van der Waals surface area (Å²) in [5.74, 6) is -1.35. The number of hydrogen-bond donors (Lipinski definition) is 0. The third kappa shape index (κ3) is 5.10. The fraction of sp³-hybridized carbons (Fsp3) is 0.706. The minimum atomic E-state index is -3.64. The van der Waals surface area contributed by atoms with Crippen LogP contribution in [-0.4, -0.2) is 55.2 Å². The number of rotatable bonds is 7. The van der Waals surface area contributed by atoms with Gasteiger partial charge in [-0.05, 0) is 39.8 Å². The molecule has 0 spiro atoms.